The SMILES string of the molecule is COC(=O)c1[nH]c2cccc(Cl)c2c1NC(=O)C[NH+]1CCN(c2cccc(C)c2C)CC1. The number of hydrogen-bond acceptors (Lipinski definition) is 4. The Morgan fingerprint density at radius 1 is 1.16 bits per heavy atom. The Morgan fingerprint density at radius 2 is 1.88 bits per heavy atom. The zero-order valence-electron chi connectivity index (χ0n) is 18.5. The summed E-state index contributed by atoms with van der Waals surface area (Å²) in [6, 6.07) is 11.7. The zero-order chi connectivity index (χ0) is 22.8. The van der Waals surface area contributed by atoms with Gasteiger partial charge in [-0.25, -0.2) is 4.79 Å². The van der Waals surface area contributed by atoms with Crippen LogP contribution in [0.5, 0.6) is 0 Å². The van der Waals surface area contributed by atoms with Crippen molar-refractivity contribution in [1.82, 2.24) is 4.98 Å². The maximum absolute atomic E-state index is 12.9. The number of anilines is 2. The topological polar surface area (TPSA) is 78.9 Å². The standard InChI is InChI=1S/C24H27ClN4O3/c1-15-6-4-9-19(16(15)2)29-12-10-28(11-13-29)14-20(30)27-22-21-17(25)7-5-8-18(21)26-23(22)24(31)32-3/h4-9,26H,10-14H2,1-3H3,(H,27,30)/p+1. The van der Waals surface area contributed by atoms with Crippen molar-refractivity contribution in [3.05, 3.63) is 58.2 Å². The second-order valence-electron chi connectivity index (χ2n) is 8.21. The van der Waals surface area contributed by atoms with E-state index in [1.807, 2.05) is 0 Å². The van der Waals surface area contributed by atoms with Crippen LogP contribution >= 0.6 is 11.6 Å². The second-order valence-corrected chi connectivity index (χ2v) is 8.62. The molecule has 0 saturated carbocycles. The first-order valence-electron chi connectivity index (χ1n) is 10.7. The molecule has 168 valence electrons. The van der Waals surface area contributed by atoms with Crippen LogP contribution in [0.1, 0.15) is 21.6 Å². The van der Waals surface area contributed by atoms with Crippen molar-refractivity contribution in [3.63, 3.8) is 0 Å². The van der Waals surface area contributed by atoms with E-state index in [-0.39, 0.29) is 11.6 Å². The molecule has 3 N–H and O–H groups in total. The van der Waals surface area contributed by atoms with Gasteiger partial charge in [0.1, 0.15) is 5.69 Å². The van der Waals surface area contributed by atoms with E-state index in [9.17, 15) is 9.59 Å². The Hall–Kier alpha value is -3.03. The number of aromatic nitrogens is 1. The molecule has 2 heterocycles. The molecule has 32 heavy (non-hydrogen) atoms. The number of halogens is 1. The fraction of sp³-hybridized carbons (Fsp3) is 0.333. The Balaban J connectivity index is 1.44. The van der Waals surface area contributed by atoms with Gasteiger partial charge in [-0.05, 0) is 43.2 Å². The van der Waals surface area contributed by atoms with Gasteiger partial charge >= 0.3 is 5.97 Å². The third-order valence-corrected chi connectivity index (χ3v) is 6.54. The summed E-state index contributed by atoms with van der Waals surface area (Å²) in [5.41, 5.74) is 5.10. The van der Waals surface area contributed by atoms with Crippen LogP contribution < -0.4 is 15.1 Å². The summed E-state index contributed by atoms with van der Waals surface area (Å²) < 4.78 is 4.87. The smallest absolute Gasteiger partial charge is 0.356 e. The molecular weight excluding hydrogens is 428 g/mol. The molecule has 1 aliphatic heterocycles. The van der Waals surface area contributed by atoms with Gasteiger partial charge in [-0.2, -0.15) is 0 Å². The molecule has 1 saturated heterocycles. The minimum atomic E-state index is -0.554. The van der Waals surface area contributed by atoms with Crippen molar-refractivity contribution in [1.29, 1.82) is 0 Å². The van der Waals surface area contributed by atoms with Crippen molar-refractivity contribution in [2.24, 2.45) is 0 Å². The van der Waals surface area contributed by atoms with Gasteiger partial charge < -0.3 is 24.8 Å². The Kier molecular flexibility index (Phi) is 6.39. The highest BCUT2D eigenvalue weighted by Gasteiger charge is 2.26. The first-order valence-corrected chi connectivity index (χ1v) is 11.1. The Morgan fingerprint density at radius 3 is 2.59 bits per heavy atom. The third-order valence-electron chi connectivity index (χ3n) is 6.23. The maximum atomic E-state index is 12.9. The molecule has 8 heteroatoms. The van der Waals surface area contributed by atoms with E-state index in [1.54, 1.807) is 18.2 Å². The number of piperazine rings is 1. The lowest BCUT2D eigenvalue weighted by molar-refractivity contribution is -0.892. The van der Waals surface area contributed by atoms with Crippen molar-refractivity contribution in [2.45, 2.75) is 13.8 Å². The summed E-state index contributed by atoms with van der Waals surface area (Å²) in [6.45, 7) is 8.10. The summed E-state index contributed by atoms with van der Waals surface area (Å²) in [7, 11) is 1.31. The maximum Gasteiger partial charge on any atom is 0.356 e. The van der Waals surface area contributed by atoms with Gasteiger partial charge in [-0.15, -0.1) is 0 Å². The van der Waals surface area contributed by atoms with E-state index in [0.717, 1.165) is 26.2 Å². The number of nitrogens with zero attached hydrogens (tertiary/aromatic N) is 1. The number of hydrogen-bond donors (Lipinski definition) is 3. The molecule has 3 aromatic rings. The number of H-pyrrole nitrogens is 1. The fourth-order valence-electron chi connectivity index (χ4n) is 4.31. The second kappa shape index (κ2) is 9.22. The molecule has 1 aromatic heterocycles. The lowest BCUT2D eigenvalue weighted by Gasteiger charge is -2.34. The molecule has 0 radical (unpaired) electrons. The monoisotopic (exact) mass is 455 g/mol. The minimum absolute atomic E-state index is 0.161. The molecule has 1 fully saturated rings. The predicted molar refractivity (Wildman–Crippen MR) is 127 cm³/mol. The lowest BCUT2D eigenvalue weighted by atomic mass is 10.1. The van der Waals surface area contributed by atoms with Crippen molar-refractivity contribution in [3.8, 4) is 0 Å². The van der Waals surface area contributed by atoms with Crippen LogP contribution in [0.15, 0.2) is 36.4 Å². The summed E-state index contributed by atoms with van der Waals surface area (Å²) in [5.74, 6) is -0.715. The van der Waals surface area contributed by atoms with E-state index in [2.05, 4.69) is 47.2 Å². The van der Waals surface area contributed by atoms with E-state index < -0.39 is 5.97 Å². The number of nitrogens with one attached hydrogen (secondary N) is 3. The summed E-state index contributed by atoms with van der Waals surface area (Å²) in [4.78, 5) is 31.7. The largest absolute Gasteiger partial charge is 0.464 e. The summed E-state index contributed by atoms with van der Waals surface area (Å²) in [5, 5.41) is 3.97. The molecular formula is C24H28ClN4O3+. The number of ether oxygens (including phenoxy) is 1. The first kappa shape index (κ1) is 22.2. The zero-order valence-corrected chi connectivity index (χ0v) is 19.3. The Bertz CT molecular complexity index is 1170. The molecule has 4 rings (SSSR count). The van der Waals surface area contributed by atoms with Gasteiger partial charge in [0, 0.05) is 16.6 Å². The molecule has 0 bridgehead atoms. The normalized spacial score (nSPS) is 14.6. The van der Waals surface area contributed by atoms with Gasteiger partial charge in [-0.3, -0.25) is 4.79 Å². The number of aromatic amines is 1. The van der Waals surface area contributed by atoms with Crippen molar-refractivity contribution >= 4 is 45.8 Å². The average Bonchev–Trinajstić information content (AvgIpc) is 3.15. The number of carbonyl (C=O) groups excluding carboxylic acids is 2. The molecule has 7 nitrogen and oxygen atoms in total. The van der Waals surface area contributed by atoms with Crippen LogP contribution in [0, 0.1) is 13.8 Å². The van der Waals surface area contributed by atoms with Gasteiger partial charge in [0.2, 0.25) is 0 Å². The number of esters is 1. The lowest BCUT2D eigenvalue weighted by Crippen LogP contribution is -3.15. The van der Waals surface area contributed by atoms with Crippen molar-refractivity contribution < 1.29 is 19.2 Å². The number of aryl methyl sites for hydroxylation is 1. The molecule has 2 aromatic carbocycles. The van der Waals surface area contributed by atoms with Crippen LogP contribution in [-0.4, -0.2) is 56.7 Å². The molecule has 0 atom stereocenters. The highest BCUT2D eigenvalue weighted by Crippen LogP contribution is 2.34. The van der Waals surface area contributed by atoms with E-state index >= 15 is 0 Å². The van der Waals surface area contributed by atoms with Crippen molar-refractivity contribution in [2.75, 3.05) is 50.1 Å². The molecule has 0 aliphatic carbocycles. The quantitative estimate of drug-likeness (QED) is 0.517. The number of methoxy groups -OCH3 is 1. The number of quaternary nitrogens is 1. The van der Waals surface area contributed by atoms with E-state index in [0.29, 0.717) is 28.2 Å². The first-order chi connectivity index (χ1) is 15.4. The average molecular weight is 456 g/mol. The molecule has 0 unspecified atom stereocenters. The van der Waals surface area contributed by atoms with Crippen LogP contribution in [0.4, 0.5) is 11.4 Å². The predicted octanol–water partition coefficient (Wildman–Crippen LogP) is 2.57. The number of benzene rings is 2. The number of carbonyl (C=O) groups is 2. The number of rotatable bonds is 5. The Labute approximate surface area is 192 Å². The van der Waals surface area contributed by atoms with E-state index in [4.69, 9.17) is 16.3 Å². The summed E-state index contributed by atoms with van der Waals surface area (Å²) in [6.07, 6.45) is 0. The number of amides is 1. The molecule has 1 aliphatic rings. The highest BCUT2D eigenvalue weighted by molar-refractivity contribution is 6.37. The van der Waals surface area contributed by atoms with Crippen LogP contribution in [-0.2, 0) is 9.53 Å². The molecule has 0 spiro atoms. The van der Waals surface area contributed by atoms with Gasteiger partial charge in [0.25, 0.3) is 5.91 Å². The minimum Gasteiger partial charge on any atom is -0.464 e. The van der Waals surface area contributed by atoms with Crippen LogP contribution in [0.2, 0.25) is 5.02 Å². The molecule has 1 amide bonds. The van der Waals surface area contributed by atoms with Gasteiger partial charge in [0.05, 0.1) is 44.0 Å². The van der Waals surface area contributed by atoms with Gasteiger partial charge in [0.15, 0.2) is 6.54 Å². The fourth-order valence-corrected chi connectivity index (χ4v) is 4.58. The van der Waals surface area contributed by atoms with Gasteiger partial charge in [-0.1, -0.05) is 29.8 Å². The van der Waals surface area contributed by atoms with Crippen LogP contribution in [0.25, 0.3) is 10.9 Å². The summed E-state index contributed by atoms with van der Waals surface area (Å²) >= 11 is 6.36. The third kappa shape index (κ3) is 4.31. The van der Waals surface area contributed by atoms with Crippen LogP contribution in [0.3, 0.4) is 0 Å². The van der Waals surface area contributed by atoms with E-state index in [1.165, 1.54) is 28.8 Å². The number of fused-ring (bicyclic) bond motifs is 1. The highest BCUT2D eigenvalue weighted by atomic mass is 35.5.